The van der Waals surface area contributed by atoms with Gasteiger partial charge in [-0.25, -0.2) is 0 Å². The van der Waals surface area contributed by atoms with Crippen molar-refractivity contribution in [3.8, 4) is 11.5 Å². The van der Waals surface area contributed by atoms with Gasteiger partial charge in [0.15, 0.2) is 0 Å². The molecule has 0 aromatic heterocycles. The molecule has 3 rings (SSSR count). The Bertz CT molecular complexity index is 554. The number of hydrogen-bond donors (Lipinski definition) is 1. The minimum atomic E-state index is 0.489. The number of nitrogens with one attached hydrogen (secondary N) is 1. The van der Waals surface area contributed by atoms with E-state index in [-0.39, 0.29) is 0 Å². The summed E-state index contributed by atoms with van der Waals surface area (Å²) in [6.45, 7) is 3.21. The van der Waals surface area contributed by atoms with Crippen LogP contribution in [0.4, 0.5) is 0 Å². The molecule has 1 N–H and O–H groups in total. The first-order valence-corrected chi connectivity index (χ1v) is 7.60. The fourth-order valence-electron chi connectivity index (χ4n) is 3.42. The summed E-state index contributed by atoms with van der Waals surface area (Å²) < 4.78 is 11.1. The van der Waals surface area contributed by atoms with Crippen molar-refractivity contribution in [1.82, 2.24) is 10.2 Å². The maximum absolute atomic E-state index is 5.55. The van der Waals surface area contributed by atoms with E-state index in [2.05, 4.69) is 23.3 Å². The van der Waals surface area contributed by atoms with Crippen LogP contribution in [-0.2, 0) is 6.42 Å². The number of fused-ring (bicyclic) bond motifs is 1. The molecule has 0 saturated carbocycles. The van der Waals surface area contributed by atoms with Crippen molar-refractivity contribution in [2.75, 3.05) is 40.9 Å². The van der Waals surface area contributed by atoms with Crippen LogP contribution in [-0.4, -0.2) is 51.8 Å². The molecule has 4 nitrogen and oxygen atoms in total. The van der Waals surface area contributed by atoms with Crippen LogP contribution in [0.1, 0.15) is 17.5 Å². The topological polar surface area (TPSA) is 33.7 Å². The van der Waals surface area contributed by atoms with Crippen molar-refractivity contribution < 1.29 is 9.47 Å². The van der Waals surface area contributed by atoms with Crippen molar-refractivity contribution in [2.45, 2.75) is 18.9 Å². The van der Waals surface area contributed by atoms with Gasteiger partial charge in [0.2, 0.25) is 0 Å². The number of hydrogen-bond acceptors (Lipinski definition) is 4. The van der Waals surface area contributed by atoms with Crippen molar-refractivity contribution in [2.24, 2.45) is 0 Å². The van der Waals surface area contributed by atoms with Gasteiger partial charge >= 0.3 is 0 Å². The second-order valence-corrected chi connectivity index (χ2v) is 5.78. The van der Waals surface area contributed by atoms with Gasteiger partial charge < -0.3 is 14.8 Å². The molecular weight excluding hydrogens is 264 g/mol. The molecule has 0 radical (unpaired) electrons. The van der Waals surface area contributed by atoms with E-state index in [1.807, 2.05) is 12.1 Å². The van der Waals surface area contributed by atoms with Gasteiger partial charge in [0.1, 0.15) is 11.5 Å². The molecule has 21 heavy (non-hydrogen) atoms. The Balaban J connectivity index is 1.99. The third kappa shape index (κ3) is 2.65. The van der Waals surface area contributed by atoms with Gasteiger partial charge in [0.25, 0.3) is 0 Å². The molecule has 0 amide bonds. The summed E-state index contributed by atoms with van der Waals surface area (Å²) >= 11 is 0. The Hall–Kier alpha value is -1.52. The molecule has 1 heterocycles. The fraction of sp³-hybridized carbons (Fsp3) is 0.529. The molecule has 1 unspecified atom stereocenters. The maximum atomic E-state index is 5.55. The van der Waals surface area contributed by atoms with Gasteiger partial charge in [0.05, 0.1) is 14.2 Å². The summed E-state index contributed by atoms with van der Waals surface area (Å²) in [7, 11) is 5.68. The average molecular weight is 288 g/mol. The van der Waals surface area contributed by atoms with Gasteiger partial charge in [0, 0.05) is 36.8 Å². The summed E-state index contributed by atoms with van der Waals surface area (Å²) in [5.41, 5.74) is 3.95. The predicted octanol–water partition coefficient (Wildman–Crippen LogP) is 1.94. The summed E-state index contributed by atoms with van der Waals surface area (Å²) in [5.74, 6) is 1.91. The van der Waals surface area contributed by atoms with Crippen LogP contribution in [0.3, 0.4) is 0 Å². The van der Waals surface area contributed by atoms with E-state index in [0.717, 1.165) is 44.0 Å². The van der Waals surface area contributed by atoms with E-state index in [1.54, 1.807) is 14.2 Å². The van der Waals surface area contributed by atoms with Crippen molar-refractivity contribution in [3.63, 3.8) is 0 Å². The molecule has 1 atom stereocenters. The highest BCUT2D eigenvalue weighted by molar-refractivity contribution is 5.69. The van der Waals surface area contributed by atoms with Gasteiger partial charge in [-0.2, -0.15) is 0 Å². The van der Waals surface area contributed by atoms with Gasteiger partial charge in [-0.3, -0.25) is 4.90 Å². The number of benzene rings is 1. The summed E-state index contributed by atoms with van der Waals surface area (Å²) in [6, 6.07) is 4.49. The number of likely N-dealkylation sites (N-methyl/N-ethyl adjacent to an activating group) is 1. The lowest BCUT2D eigenvalue weighted by atomic mass is 9.86. The third-order valence-electron chi connectivity index (χ3n) is 4.65. The van der Waals surface area contributed by atoms with E-state index < -0.39 is 0 Å². The third-order valence-corrected chi connectivity index (χ3v) is 4.65. The summed E-state index contributed by atoms with van der Waals surface area (Å²) in [5, 5.41) is 3.50. The van der Waals surface area contributed by atoms with Crippen molar-refractivity contribution in [1.29, 1.82) is 0 Å². The first kappa shape index (κ1) is 14.4. The van der Waals surface area contributed by atoms with Crippen LogP contribution >= 0.6 is 0 Å². The highest BCUT2D eigenvalue weighted by atomic mass is 16.5. The summed E-state index contributed by atoms with van der Waals surface area (Å²) in [6.07, 6.45) is 4.42. The molecule has 1 fully saturated rings. The molecule has 1 aliphatic heterocycles. The minimum Gasteiger partial charge on any atom is -0.496 e. The normalized spacial score (nSPS) is 22.4. The number of piperazine rings is 1. The van der Waals surface area contributed by atoms with E-state index in [0.29, 0.717) is 6.04 Å². The van der Waals surface area contributed by atoms with E-state index in [9.17, 15) is 0 Å². The van der Waals surface area contributed by atoms with Crippen molar-refractivity contribution in [3.05, 3.63) is 28.8 Å². The molecule has 1 saturated heterocycles. The van der Waals surface area contributed by atoms with Gasteiger partial charge in [-0.1, -0.05) is 11.6 Å². The Labute approximate surface area is 126 Å². The Kier molecular flexibility index (Phi) is 4.17. The Morgan fingerprint density at radius 3 is 2.62 bits per heavy atom. The van der Waals surface area contributed by atoms with Crippen LogP contribution in [0.2, 0.25) is 0 Å². The largest absolute Gasteiger partial charge is 0.496 e. The zero-order valence-corrected chi connectivity index (χ0v) is 13.1. The zero-order valence-electron chi connectivity index (χ0n) is 13.1. The molecule has 4 heteroatoms. The first-order chi connectivity index (χ1) is 10.2. The number of nitrogens with zero attached hydrogens (tertiary/aromatic N) is 1. The zero-order chi connectivity index (χ0) is 14.8. The molecular formula is C17H24N2O2. The SMILES string of the molecule is COc1ccc(OC)c2c1C=C(C1CNCCN1C)CC2. The smallest absolute Gasteiger partial charge is 0.126 e. The van der Waals surface area contributed by atoms with Crippen LogP contribution < -0.4 is 14.8 Å². The quantitative estimate of drug-likeness (QED) is 0.921. The maximum Gasteiger partial charge on any atom is 0.126 e. The van der Waals surface area contributed by atoms with Crippen LogP contribution in [0.15, 0.2) is 17.7 Å². The second-order valence-electron chi connectivity index (χ2n) is 5.78. The van der Waals surface area contributed by atoms with E-state index in [4.69, 9.17) is 9.47 Å². The number of rotatable bonds is 3. The van der Waals surface area contributed by atoms with Crippen molar-refractivity contribution >= 4 is 6.08 Å². The standard InChI is InChI=1S/C17H24N2O2/c1-19-9-8-18-11-15(19)12-4-5-13-14(10-12)17(21-3)7-6-16(13)20-2/h6-7,10,15,18H,4-5,8-9,11H2,1-3H3. The molecule has 0 spiro atoms. The molecule has 2 aliphatic rings. The number of methoxy groups -OCH3 is 2. The average Bonchev–Trinajstić information content (AvgIpc) is 2.53. The highest BCUT2D eigenvalue weighted by Gasteiger charge is 2.26. The number of ether oxygens (including phenoxy) is 2. The monoisotopic (exact) mass is 288 g/mol. The molecule has 114 valence electrons. The molecule has 0 bridgehead atoms. The lowest BCUT2D eigenvalue weighted by molar-refractivity contribution is 0.224. The lowest BCUT2D eigenvalue weighted by Gasteiger charge is -2.36. The molecule has 1 aliphatic carbocycles. The Morgan fingerprint density at radius 2 is 1.90 bits per heavy atom. The molecule has 1 aromatic carbocycles. The van der Waals surface area contributed by atoms with Crippen LogP contribution in [0.5, 0.6) is 11.5 Å². The molecule has 1 aromatic rings. The van der Waals surface area contributed by atoms with E-state index in [1.165, 1.54) is 16.7 Å². The fourth-order valence-corrected chi connectivity index (χ4v) is 3.42. The first-order valence-electron chi connectivity index (χ1n) is 7.60. The summed E-state index contributed by atoms with van der Waals surface area (Å²) in [4.78, 5) is 2.44. The van der Waals surface area contributed by atoms with Gasteiger partial charge in [-0.05, 0) is 32.0 Å². The predicted molar refractivity (Wildman–Crippen MR) is 85.1 cm³/mol. The highest BCUT2D eigenvalue weighted by Crippen LogP contribution is 2.38. The van der Waals surface area contributed by atoms with E-state index >= 15 is 0 Å². The second kappa shape index (κ2) is 6.08. The van der Waals surface area contributed by atoms with Crippen LogP contribution in [0.25, 0.3) is 6.08 Å². The lowest BCUT2D eigenvalue weighted by Crippen LogP contribution is -2.50. The minimum absolute atomic E-state index is 0.489. The van der Waals surface area contributed by atoms with Gasteiger partial charge in [-0.15, -0.1) is 0 Å². The van der Waals surface area contributed by atoms with Crippen LogP contribution in [0, 0.1) is 0 Å². The Morgan fingerprint density at radius 1 is 1.14 bits per heavy atom.